The maximum Gasteiger partial charge on any atom is 0.317 e. The molecule has 3 atom stereocenters. The molecular weight excluding hydrogens is 492 g/mol. The van der Waals surface area contributed by atoms with Gasteiger partial charge in [-0.25, -0.2) is 0 Å². The van der Waals surface area contributed by atoms with Gasteiger partial charge in [-0.2, -0.15) is 0 Å². The zero-order valence-electron chi connectivity index (χ0n) is 21.6. The number of aromatic nitrogens is 1. The molecule has 7 nitrogen and oxygen atoms in total. The first kappa shape index (κ1) is 23.5. The fourth-order valence-corrected chi connectivity index (χ4v) is 6.32. The van der Waals surface area contributed by atoms with Gasteiger partial charge in [-0.1, -0.05) is 36.4 Å². The Hall–Kier alpha value is -4.65. The van der Waals surface area contributed by atoms with Crippen LogP contribution >= 0.6 is 0 Å². The SMILES string of the molecule is COC(=O)C1C(=O)C2=C(CC1c1ccc3c(c1)OCO3)Nc1c(ccc3ncccc13)C2c1ccccc1C. The van der Waals surface area contributed by atoms with Crippen LogP contribution in [0.2, 0.25) is 0 Å². The summed E-state index contributed by atoms with van der Waals surface area (Å²) < 4.78 is 16.3. The number of hydrogen-bond acceptors (Lipinski definition) is 7. The number of nitrogens with one attached hydrogen (secondary N) is 1. The predicted octanol–water partition coefficient (Wildman–Crippen LogP) is 5.63. The Balaban J connectivity index is 1.45. The Labute approximate surface area is 225 Å². The van der Waals surface area contributed by atoms with E-state index in [-0.39, 0.29) is 18.5 Å². The number of rotatable bonds is 3. The van der Waals surface area contributed by atoms with E-state index in [2.05, 4.69) is 29.4 Å². The van der Waals surface area contributed by atoms with Gasteiger partial charge in [0.2, 0.25) is 6.79 Å². The predicted molar refractivity (Wildman–Crippen MR) is 146 cm³/mol. The number of anilines is 1. The number of nitrogens with zero attached hydrogens (tertiary/aromatic N) is 1. The molecular formula is C32H26N2O5. The lowest BCUT2D eigenvalue weighted by atomic mass is 9.66. The number of hydrogen-bond donors (Lipinski definition) is 1. The quantitative estimate of drug-likeness (QED) is 0.278. The second kappa shape index (κ2) is 8.98. The molecule has 0 saturated carbocycles. The second-order valence-corrected chi connectivity index (χ2v) is 10.2. The molecule has 1 N–H and O–H groups in total. The molecule has 0 fully saturated rings. The monoisotopic (exact) mass is 518 g/mol. The topological polar surface area (TPSA) is 86.8 Å². The Bertz CT molecular complexity index is 1710. The molecule has 7 heteroatoms. The molecule has 4 aromatic rings. The number of Topliss-reactive ketones (excluding diaryl/α,β-unsaturated/α-hetero) is 1. The van der Waals surface area contributed by atoms with E-state index in [0.29, 0.717) is 23.5 Å². The summed E-state index contributed by atoms with van der Waals surface area (Å²) in [5.74, 6) is -1.24. The summed E-state index contributed by atoms with van der Waals surface area (Å²) >= 11 is 0. The first-order valence-corrected chi connectivity index (χ1v) is 13.0. The normalized spacial score (nSPS) is 21.3. The molecule has 3 aliphatic rings. The molecule has 1 aromatic heterocycles. The van der Waals surface area contributed by atoms with Gasteiger partial charge in [0.25, 0.3) is 0 Å². The van der Waals surface area contributed by atoms with E-state index >= 15 is 0 Å². The largest absolute Gasteiger partial charge is 0.468 e. The van der Waals surface area contributed by atoms with Gasteiger partial charge in [0.1, 0.15) is 5.92 Å². The number of pyridine rings is 1. The first-order valence-electron chi connectivity index (χ1n) is 13.0. The average Bonchev–Trinajstić information content (AvgIpc) is 3.44. The van der Waals surface area contributed by atoms with Gasteiger partial charge in [0.05, 0.1) is 18.3 Å². The number of ketones is 1. The van der Waals surface area contributed by atoms with Gasteiger partial charge in [0, 0.05) is 34.7 Å². The highest BCUT2D eigenvalue weighted by atomic mass is 16.7. The lowest BCUT2D eigenvalue weighted by Crippen LogP contribution is -2.40. The van der Waals surface area contributed by atoms with Crippen molar-refractivity contribution in [3.05, 3.63) is 106 Å². The maximum atomic E-state index is 14.5. The number of allylic oxidation sites excluding steroid dienone is 2. The van der Waals surface area contributed by atoms with E-state index in [1.807, 2.05) is 54.6 Å². The van der Waals surface area contributed by atoms with Gasteiger partial charge >= 0.3 is 5.97 Å². The van der Waals surface area contributed by atoms with Gasteiger partial charge < -0.3 is 19.5 Å². The van der Waals surface area contributed by atoms with Crippen LogP contribution in [-0.4, -0.2) is 30.6 Å². The summed E-state index contributed by atoms with van der Waals surface area (Å²) in [7, 11) is 1.34. The van der Waals surface area contributed by atoms with Crippen molar-refractivity contribution in [1.82, 2.24) is 4.98 Å². The zero-order valence-corrected chi connectivity index (χ0v) is 21.6. The third-order valence-corrected chi connectivity index (χ3v) is 8.17. The molecule has 2 aliphatic heterocycles. The van der Waals surface area contributed by atoms with E-state index in [9.17, 15) is 9.59 Å². The molecule has 3 unspecified atom stereocenters. The highest BCUT2D eigenvalue weighted by molar-refractivity contribution is 6.13. The standard InChI is InChI=1S/C32H26N2O5/c1-17-6-3-4-7-19(17)27-21-10-11-23-20(8-5-13-33-23)30(21)34-24-15-22(28(32(36)37-2)31(35)29(24)27)18-9-12-25-26(14-18)39-16-38-25/h3-14,22,27-28,34H,15-16H2,1-2H3. The zero-order chi connectivity index (χ0) is 26.7. The maximum absolute atomic E-state index is 14.5. The molecule has 194 valence electrons. The molecule has 0 spiro atoms. The van der Waals surface area contributed by atoms with Gasteiger partial charge in [-0.05, 0) is 65.9 Å². The molecule has 3 aromatic carbocycles. The van der Waals surface area contributed by atoms with Crippen molar-refractivity contribution in [3.63, 3.8) is 0 Å². The number of methoxy groups -OCH3 is 1. The van der Waals surface area contributed by atoms with Gasteiger partial charge in [-0.3, -0.25) is 14.6 Å². The lowest BCUT2D eigenvalue weighted by Gasteiger charge is -2.40. The summed E-state index contributed by atoms with van der Waals surface area (Å²) in [4.78, 5) is 32.3. The number of carbonyl (C=O) groups is 2. The van der Waals surface area contributed by atoms with Crippen molar-refractivity contribution in [1.29, 1.82) is 0 Å². The highest BCUT2D eigenvalue weighted by Crippen LogP contribution is 2.52. The third kappa shape index (κ3) is 3.61. The third-order valence-electron chi connectivity index (χ3n) is 8.17. The van der Waals surface area contributed by atoms with Crippen molar-refractivity contribution in [2.24, 2.45) is 5.92 Å². The van der Waals surface area contributed by atoms with Crippen LogP contribution in [0.15, 0.2) is 84.2 Å². The minimum atomic E-state index is -0.980. The minimum absolute atomic E-state index is 0.148. The van der Waals surface area contributed by atoms with Crippen molar-refractivity contribution in [2.75, 3.05) is 19.2 Å². The summed E-state index contributed by atoms with van der Waals surface area (Å²) in [6, 6.07) is 21.7. The summed E-state index contributed by atoms with van der Waals surface area (Å²) in [6.07, 6.45) is 2.24. The van der Waals surface area contributed by atoms with Crippen LogP contribution in [0.5, 0.6) is 11.5 Å². The van der Waals surface area contributed by atoms with Crippen LogP contribution in [0.3, 0.4) is 0 Å². The van der Waals surface area contributed by atoms with Gasteiger partial charge in [-0.15, -0.1) is 0 Å². The molecule has 0 bridgehead atoms. The molecule has 3 heterocycles. The van der Waals surface area contributed by atoms with Gasteiger partial charge in [0.15, 0.2) is 17.3 Å². The molecule has 0 saturated heterocycles. The lowest BCUT2D eigenvalue weighted by molar-refractivity contribution is -0.149. The van der Waals surface area contributed by atoms with E-state index in [1.54, 1.807) is 6.20 Å². The fourth-order valence-electron chi connectivity index (χ4n) is 6.32. The number of ether oxygens (including phenoxy) is 3. The number of aryl methyl sites for hydroxylation is 1. The van der Waals surface area contributed by atoms with Crippen LogP contribution in [0.25, 0.3) is 10.9 Å². The minimum Gasteiger partial charge on any atom is -0.468 e. The van der Waals surface area contributed by atoms with Crippen LogP contribution in [0.1, 0.15) is 40.5 Å². The van der Waals surface area contributed by atoms with Crippen molar-refractivity contribution in [2.45, 2.75) is 25.2 Å². The average molecular weight is 519 g/mol. The van der Waals surface area contributed by atoms with Crippen molar-refractivity contribution < 1.29 is 23.8 Å². The van der Waals surface area contributed by atoms with E-state index < -0.39 is 17.8 Å². The van der Waals surface area contributed by atoms with Crippen LogP contribution in [0.4, 0.5) is 5.69 Å². The van der Waals surface area contributed by atoms with Crippen molar-refractivity contribution >= 4 is 28.3 Å². The Morgan fingerprint density at radius 1 is 1.00 bits per heavy atom. The fraction of sp³-hybridized carbons (Fsp3) is 0.219. The van der Waals surface area contributed by atoms with E-state index in [0.717, 1.165) is 44.5 Å². The van der Waals surface area contributed by atoms with Crippen LogP contribution in [-0.2, 0) is 14.3 Å². The summed E-state index contributed by atoms with van der Waals surface area (Å²) in [5.41, 5.74) is 7.19. The van der Waals surface area contributed by atoms with Crippen molar-refractivity contribution in [3.8, 4) is 11.5 Å². The Morgan fingerprint density at radius 2 is 1.85 bits per heavy atom. The smallest absolute Gasteiger partial charge is 0.317 e. The molecule has 39 heavy (non-hydrogen) atoms. The number of esters is 1. The second-order valence-electron chi connectivity index (χ2n) is 10.2. The molecule has 1 aliphatic carbocycles. The highest BCUT2D eigenvalue weighted by Gasteiger charge is 2.48. The summed E-state index contributed by atoms with van der Waals surface area (Å²) in [6.45, 7) is 2.20. The van der Waals surface area contributed by atoms with E-state index in [4.69, 9.17) is 14.2 Å². The van der Waals surface area contributed by atoms with Crippen LogP contribution in [0, 0.1) is 12.8 Å². The number of benzene rings is 3. The molecule has 7 rings (SSSR count). The van der Waals surface area contributed by atoms with Crippen LogP contribution < -0.4 is 14.8 Å². The Kier molecular flexibility index (Phi) is 5.40. The summed E-state index contributed by atoms with van der Waals surface area (Å²) in [5, 5.41) is 4.62. The molecule has 0 radical (unpaired) electrons. The Morgan fingerprint density at radius 3 is 2.69 bits per heavy atom. The number of fused-ring (bicyclic) bond motifs is 4. The van der Waals surface area contributed by atoms with E-state index in [1.165, 1.54) is 7.11 Å². The first-order chi connectivity index (χ1) is 19.0. The molecule has 0 amide bonds. The number of carbonyl (C=O) groups excluding carboxylic acids is 2.